The number of amides is 2. The number of rotatable bonds is 5. The maximum absolute atomic E-state index is 10.7. The van der Waals surface area contributed by atoms with Crippen LogP contribution in [-0.4, -0.2) is 43.6 Å². The van der Waals surface area contributed by atoms with E-state index in [1.54, 1.807) is 0 Å². The van der Waals surface area contributed by atoms with Gasteiger partial charge in [-0.15, -0.1) is 5.10 Å². The van der Waals surface area contributed by atoms with Gasteiger partial charge in [0.1, 0.15) is 5.69 Å². The van der Waals surface area contributed by atoms with Gasteiger partial charge in [0.05, 0.1) is 18.8 Å². The summed E-state index contributed by atoms with van der Waals surface area (Å²) in [6.07, 6.45) is 6.08. The molecule has 8 nitrogen and oxygen atoms in total. The van der Waals surface area contributed by atoms with Gasteiger partial charge in [-0.3, -0.25) is 4.90 Å². The van der Waals surface area contributed by atoms with Gasteiger partial charge in [-0.05, 0) is 25.0 Å². The Bertz CT molecular complexity index is 654. The topological polar surface area (TPSA) is 94.0 Å². The van der Waals surface area contributed by atoms with E-state index in [0.29, 0.717) is 12.6 Å². The summed E-state index contributed by atoms with van der Waals surface area (Å²) in [7, 11) is 2.08. The number of piperidine rings is 1. The molecule has 1 aliphatic rings. The van der Waals surface area contributed by atoms with Crippen molar-refractivity contribution in [2.24, 2.45) is 12.8 Å². The van der Waals surface area contributed by atoms with Crippen molar-refractivity contribution in [1.82, 2.24) is 29.8 Å². The van der Waals surface area contributed by atoms with Crippen LogP contribution in [0.1, 0.15) is 30.3 Å². The Hall–Kier alpha value is -2.35. The van der Waals surface area contributed by atoms with Gasteiger partial charge in [0.25, 0.3) is 0 Å². The van der Waals surface area contributed by atoms with E-state index in [0.717, 1.165) is 38.2 Å². The number of aromatic nitrogens is 4. The zero-order chi connectivity index (χ0) is 16.2. The quantitative estimate of drug-likeness (QED) is 0.845. The summed E-state index contributed by atoms with van der Waals surface area (Å²) < 4.78 is 4.08. The van der Waals surface area contributed by atoms with Crippen molar-refractivity contribution in [2.75, 3.05) is 13.1 Å². The minimum Gasteiger partial charge on any atom is -0.353 e. The van der Waals surface area contributed by atoms with Gasteiger partial charge in [0.15, 0.2) is 0 Å². The fourth-order valence-electron chi connectivity index (χ4n) is 2.98. The molecule has 0 aliphatic carbocycles. The number of nitrogens with two attached hydrogens (primary N) is 1. The van der Waals surface area contributed by atoms with E-state index >= 15 is 0 Å². The molecule has 0 spiro atoms. The Morgan fingerprint density at radius 1 is 1.43 bits per heavy atom. The summed E-state index contributed by atoms with van der Waals surface area (Å²) in [4.78, 5) is 13.2. The van der Waals surface area contributed by atoms with Gasteiger partial charge in [-0.1, -0.05) is 5.21 Å². The Morgan fingerprint density at radius 2 is 2.22 bits per heavy atom. The van der Waals surface area contributed by atoms with Crippen LogP contribution in [0.15, 0.2) is 24.5 Å². The SMILES string of the molecule is Cn1cccc1CN1CCC(n2cc(CNC(N)=O)nn2)CC1. The predicted molar refractivity (Wildman–Crippen MR) is 85.4 cm³/mol. The van der Waals surface area contributed by atoms with E-state index in [-0.39, 0.29) is 0 Å². The molecule has 124 valence electrons. The van der Waals surface area contributed by atoms with E-state index in [1.165, 1.54) is 5.69 Å². The van der Waals surface area contributed by atoms with Crippen molar-refractivity contribution < 1.29 is 4.79 Å². The maximum Gasteiger partial charge on any atom is 0.312 e. The zero-order valence-electron chi connectivity index (χ0n) is 13.4. The monoisotopic (exact) mass is 317 g/mol. The molecule has 8 heteroatoms. The van der Waals surface area contributed by atoms with E-state index in [2.05, 4.69) is 50.5 Å². The fraction of sp³-hybridized carbons (Fsp3) is 0.533. The largest absolute Gasteiger partial charge is 0.353 e. The number of nitrogens with zero attached hydrogens (tertiary/aromatic N) is 5. The molecule has 1 fully saturated rings. The van der Waals surface area contributed by atoms with Crippen LogP contribution in [0.25, 0.3) is 0 Å². The lowest BCUT2D eigenvalue weighted by molar-refractivity contribution is 0.169. The summed E-state index contributed by atoms with van der Waals surface area (Å²) in [5, 5.41) is 10.8. The van der Waals surface area contributed by atoms with Gasteiger partial charge in [0, 0.05) is 38.6 Å². The van der Waals surface area contributed by atoms with Crippen LogP contribution in [-0.2, 0) is 20.1 Å². The highest BCUT2D eigenvalue weighted by atomic mass is 16.2. The molecular weight excluding hydrogens is 294 g/mol. The van der Waals surface area contributed by atoms with Crippen molar-refractivity contribution >= 4 is 6.03 Å². The van der Waals surface area contributed by atoms with E-state index in [4.69, 9.17) is 5.73 Å². The lowest BCUT2D eigenvalue weighted by Gasteiger charge is -2.31. The summed E-state index contributed by atoms with van der Waals surface area (Å²) in [6.45, 7) is 3.40. The molecule has 3 N–H and O–H groups in total. The zero-order valence-corrected chi connectivity index (χ0v) is 13.4. The number of likely N-dealkylation sites (tertiary alicyclic amines) is 1. The molecule has 3 heterocycles. The maximum atomic E-state index is 10.7. The van der Waals surface area contributed by atoms with Crippen LogP contribution in [0.5, 0.6) is 0 Å². The third-order valence-corrected chi connectivity index (χ3v) is 4.37. The highest BCUT2D eigenvalue weighted by Gasteiger charge is 2.22. The third-order valence-electron chi connectivity index (χ3n) is 4.37. The van der Waals surface area contributed by atoms with Crippen LogP contribution in [0.4, 0.5) is 4.79 Å². The van der Waals surface area contributed by atoms with Gasteiger partial charge in [-0.2, -0.15) is 0 Å². The van der Waals surface area contributed by atoms with Gasteiger partial charge >= 0.3 is 6.03 Å². The summed E-state index contributed by atoms with van der Waals surface area (Å²) >= 11 is 0. The van der Waals surface area contributed by atoms with Crippen LogP contribution < -0.4 is 11.1 Å². The molecule has 1 saturated heterocycles. The van der Waals surface area contributed by atoms with E-state index in [9.17, 15) is 4.79 Å². The number of primary amides is 1. The number of hydrogen-bond acceptors (Lipinski definition) is 4. The van der Waals surface area contributed by atoms with Crippen LogP contribution in [0.2, 0.25) is 0 Å². The first kappa shape index (κ1) is 15.5. The molecular formula is C15H23N7O. The van der Waals surface area contributed by atoms with Crippen LogP contribution >= 0.6 is 0 Å². The van der Waals surface area contributed by atoms with Gasteiger partial charge in [-0.25, -0.2) is 9.48 Å². The molecule has 1 aliphatic heterocycles. The number of nitrogens with one attached hydrogen (secondary N) is 1. The molecule has 0 bridgehead atoms. The Kier molecular flexibility index (Phi) is 4.61. The standard InChI is InChI=1S/C15H23N7O/c1-20-6-2-3-14(20)11-21-7-4-13(5-8-21)22-10-12(18-19-22)9-17-15(16)23/h2-3,6,10,13H,4-5,7-9,11H2,1H3,(H3,16,17,23). The van der Waals surface area contributed by atoms with Gasteiger partial charge < -0.3 is 15.6 Å². The Labute approximate surface area is 135 Å². The van der Waals surface area contributed by atoms with Gasteiger partial charge in [0.2, 0.25) is 0 Å². The minimum absolute atomic E-state index is 0.321. The molecule has 0 unspecified atom stereocenters. The molecule has 23 heavy (non-hydrogen) atoms. The second kappa shape index (κ2) is 6.82. The predicted octanol–water partition coefficient (Wildman–Crippen LogP) is 0.622. The molecule has 3 rings (SSSR count). The summed E-state index contributed by atoms with van der Waals surface area (Å²) in [6, 6.07) is 4.07. The van der Waals surface area contributed by atoms with Crippen LogP contribution in [0, 0.1) is 0 Å². The average Bonchev–Trinajstić information content (AvgIpc) is 3.16. The molecule has 2 amide bonds. The normalized spacial score (nSPS) is 16.6. The fourth-order valence-corrected chi connectivity index (χ4v) is 2.98. The highest BCUT2D eigenvalue weighted by molar-refractivity contribution is 5.71. The summed E-state index contributed by atoms with van der Waals surface area (Å²) in [5.74, 6) is 0. The third kappa shape index (κ3) is 3.89. The lowest BCUT2D eigenvalue weighted by Crippen LogP contribution is -2.34. The average molecular weight is 317 g/mol. The van der Waals surface area contributed by atoms with Crippen LogP contribution in [0.3, 0.4) is 0 Å². The minimum atomic E-state index is -0.548. The second-order valence-corrected chi connectivity index (χ2v) is 6.03. The first-order valence-corrected chi connectivity index (χ1v) is 7.88. The van der Waals surface area contributed by atoms with Crippen molar-refractivity contribution in [1.29, 1.82) is 0 Å². The van der Waals surface area contributed by atoms with Crippen molar-refractivity contribution in [3.8, 4) is 0 Å². The molecule has 0 aromatic carbocycles. The Balaban J connectivity index is 1.50. The Morgan fingerprint density at radius 3 is 2.87 bits per heavy atom. The molecule has 0 radical (unpaired) electrons. The van der Waals surface area contributed by atoms with Crippen molar-refractivity contribution in [3.05, 3.63) is 35.9 Å². The van der Waals surface area contributed by atoms with E-state index in [1.807, 2.05) is 10.9 Å². The first-order chi connectivity index (χ1) is 11.1. The molecule has 0 saturated carbocycles. The van der Waals surface area contributed by atoms with Crippen molar-refractivity contribution in [2.45, 2.75) is 32.0 Å². The smallest absolute Gasteiger partial charge is 0.312 e. The number of carbonyl (C=O) groups excluding carboxylic acids is 1. The number of aryl methyl sites for hydroxylation is 1. The second-order valence-electron chi connectivity index (χ2n) is 6.03. The molecule has 0 atom stereocenters. The van der Waals surface area contributed by atoms with E-state index < -0.39 is 6.03 Å². The number of hydrogen-bond donors (Lipinski definition) is 2. The first-order valence-electron chi connectivity index (χ1n) is 7.88. The molecule has 2 aromatic heterocycles. The summed E-state index contributed by atoms with van der Waals surface area (Å²) in [5.41, 5.74) is 7.13. The highest BCUT2D eigenvalue weighted by Crippen LogP contribution is 2.22. The number of urea groups is 1. The number of carbonyl (C=O) groups is 1. The molecule has 2 aromatic rings. The lowest BCUT2D eigenvalue weighted by atomic mass is 10.1. The van der Waals surface area contributed by atoms with Crippen molar-refractivity contribution in [3.63, 3.8) is 0 Å².